The van der Waals surface area contributed by atoms with Crippen molar-refractivity contribution in [2.45, 2.75) is 56.8 Å². The van der Waals surface area contributed by atoms with E-state index in [1.165, 1.54) is 32.1 Å². The molecule has 1 saturated heterocycles. The summed E-state index contributed by atoms with van der Waals surface area (Å²) >= 11 is 0. The minimum atomic E-state index is -0.892. The first kappa shape index (κ1) is 15.4. The van der Waals surface area contributed by atoms with Crippen molar-refractivity contribution in [3.8, 4) is 5.75 Å². The first-order valence-corrected chi connectivity index (χ1v) is 8.85. The van der Waals surface area contributed by atoms with Crippen LogP contribution in [0.2, 0.25) is 0 Å². The highest BCUT2D eigenvalue weighted by molar-refractivity contribution is 5.34. The lowest BCUT2D eigenvalue weighted by molar-refractivity contribution is -0.633. The van der Waals surface area contributed by atoms with E-state index in [1.54, 1.807) is 19.2 Å². The highest BCUT2D eigenvalue weighted by Crippen LogP contribution is 2.62. The van der Waals surface area contributed by atoms with Gasteiger partial charge in [0.25, 0.3) is 5.79 Å². The van der Waals surface area contributed by atoms with Crippen LogP contribution in [0.4, 0.5) is 0 Å². The van der Waals surface area contributed by atoms with Crippen LogP contribution in [0.5, 0.6) is 5.75 Å². The van der Waals surface area contributed by atoms with Gasteiger partial charge in [0.1, 0.15) is 5.75 Å². The summed E-state index contributed by atoms with van der Waals surface area (Å²) in [5.41, 5.74) is 0.434. The number of methoxy groups -OCH3 is 1. The predicted octanol–water partition coefficient (Wildman–Crippen LogP) is 4.13. The third-order valence-electron chi connectivity index (χ3n) is 6.44. The predicted molar refractivity (Wildman–Crippen MR) is 85.5 cm³/mol. The molecule has 1 aromatic carbocycles. The van der Waals surface area contributed by atoms with Gasteiger partial charge < -0.3 is 9.84 Å². The van der Waals surface area contributed by atoms with Gasteiger partial charge in [0, 0.05) is 12.7 Å². The molecule has 4 heteroatoms. The van der Waals surface area contributed by atoms with Crippen LogP contribution >= 0.6 is 0 Å². The molecule has 0 radical (unpaired) electrons. The molecule has 3 aliphatic rings. The second kappa shape index (κ2) is 5.47. The molecule has 1 aromatic rings. The molecular weight excluding hydrogens is 292 g/mol. The van der Waals surface area contributed by atoms with Gasteiger partial charge in [-0.05, 0) is 62.0 Å². The Morgan fingerprint density at radius 2 is 2.13 bits per heavy atom. The Morgan fingerprint density at radius 1 is 1.26 bits per heavy atom. The zero-order valence-corrected chi connectivity index (χ0v) is 14.0. The molecule has 1 heterocycles. The number of benzene rings is 1. The third-order valence-corrected chi connectivity index (χ3v) is 6.44. The fraction of sp³-hybridized carbons (Fsp3) is 0.684. The van der Waals surface area contributed by atoms with Gasteiger partial charge in [-0.15, -0.1) is 0 Å². The van der Waals surface area contributed by atoms with Crippen LogP contribution in [-0.2, 0) is 20.3 Å². The molecule has 2 bridgehead atoms. The van der Waals surface area contributed by atoms with Gasteiger partial charge >= 0.3 is 0 Å². The minimum Gasteiger partial charge on any atom is -0.508 e. The number of hydrogen-bond acceptors (Lipinski definition) is 4. The first-order chi connectivity index (χ1) is 11.1. The average molecular weight is 318 g/mol. The first-order valence-electron chi connectivity index (χ1n) is 8.85. The maximum atomic E-state index is 9.88. The number of rotatable bonds is 3. The zero-order chi connectivity index (χ0) is 16.1. The molecule has 5 unspecified atom stereocenters. The van der Waals surface area contributed by atoms with E-state index in [1.807, 2.05) is 12.1 Å². The second-order valence-electron chi connectivity index (χ2n) is 7.51. The van der Waals surface area contributed by atoms with E-state index in [4.69, 9.17) is 14.5 Å². The van der Waals surface area contributed by atoms with Crippen LogP contribution in [0.15, 0.2) is 24.3 Å². The Balaban J connectivity index is 1.72. The van der Waals surface area contributed by atoms with E-state index in [2.05, 4.69) is 6.92 Å². The van der Waals surface area contributed by atoms with E-state index in [9.17, 15) is 5.11 Å². The topological polar surface area (TPSA) is 47.9 Å². The normalized spacial score (nSPS) is 42.4. The van der Waals surface area contributed by atoms with Gasteiger partial charge in [-0.25, -0.2) is 4.89 Å². The van der Waals surface area contributed by atoms with E-state index >= 15 is 0 Å². The van der Waals surface area contributed by atoms with E-state index in [0.717, 1.165) is 23.8 Å². The van der Waals surface area contributed by atoms with Crippen molar-refractivity contribution in [2.75, 3.05) is 7.11 Å². The van der Waals surface area contributed by atoms with Crippen LogP contribution in [0.25, 0.3) is 0 Å². The number of phenols is 1. The summed E-state index contributed by atoms with van der Waals surface area (Å²) in [5, 5.41) is 9.88. The van der Waals surface area contributed by atoms with E-state index in [-0.39, 0.29) is 5.75 Å². The number of phenolic OH excluding ortho intramolecular Hbond substituents is 1. The number of aromatic hydroxyl groups is 1. The summed E-state index contributed by atoms with van der Waals surface area (Å²) in [6, 6.07) is 7.20. The molecule has 5 atom stereocenters. The Morgan fingerprint density at radius 3 is 2.78 bits per heavy atom. The summed E-state index contributed by atoms with van der Waals surface area (Å²) in [6.45, 7) is 2.29. The van der Waals surface area contributed by atoms with Gasteiger partial charge in [-0.3, -0.25) is 0 Å². The monoisotopic (exact) mass is 318 g/mol. The number of hydrogen-bond donors (Lipinski definition) is 1. The summed E-state index contributed by atoms with van der Waals surface area (Å²) in [6.07, 6.45) is 7.10. The quantitative estimate of drug-likeness (QED) is 0.851. The van der Waals surface area contributed by atoms with Crippen LogP contribution in [0.1, 0.15) is 51.0 Å². The molecule has 4 nitrogen and oxygen atoms in total. The molecule has 0 amide bonds. The van der Waals surface area contributed by atoms with Crippen molar-refractivity contribution >= 4 is 0 Å². The van der Waals surface area contributed by atoms with Gasteiger partial charge in [0.2, 0.25) is 0 Å². The Kier molecular flexibility index (Phi) is 3.67. The molecule has 1 N–H and O–H groups in total. The summed E-state index contributed by atoms with van der Waals surface area (Å²) < 4.78 is 5.91. The van der Waals surface area contributed by atoms with Gasteiger partial charge in [0.05, 0.1) is 0 Å². The van der Waals surface area contributed by atoms with Gasteiger partial charge in [-0.2, -0.15) is 4.89 Å². The molecule has 0 aromatic heterocycles. The summed E-state index contributed by atoms with van der Waals surface area (Å²) in [4.78, 5) is 11.5. The van der Waals surface area contributed by atoms with Crippen LogP contribution in [0.3, 0.4) is 0 Å². The lowest BCUT2D eigenvalue weighted by atomic mass is 9.57. The Labute approximate surface area is 137 Å². The number of fused-ring (bicyclic) bond motifs is 3. The van der Waals surface area contributed by atoms with E-state index in [0.29, 0.717) is 5.92 Å². The SMILES string of the molecule is CCC1CC2CCC3(OOC3(OC)c3cccc(O)c3)C(C1)C2. The molecule has 23 heavy (non-hydrogen) atoms. The highest BCUT2D eigenvalue weighted by Gasteiger charge is 2.71. The fourth-order valence-corrected chi connectivity index (χ4v) is 5.23. The average Bonchev–Trinajstić information content (AvgIpc) is 2.55. The zero-order valence-electron chi connectivity index (χ0n) is 14.0. The minimum absolute atomic E-state index is 0.230. The van der Waals surface area contributed by atoms with Gasteiger partial charge in [-0.1, -0.05) is 25.5 Å². The van der Waals surface area contributed by atoms with Crippen molar-refractivity contribution in [3.05, 3.63) is 29.8 Å². The van der Waals surface area contributed by atoms with Crippen molar-refractivity contribution in [1.82, 2.24) is 0 Å². The Hall–Kier alpha value is -1.10. The standard InChI is InChI=1S/C19H26O4/c1-3-13-9-14-7-8-18(16(10-13)11-14)19(21-2,23-22-18)15-5-4-6-17(20)12-15/h4-6,12-14,16,20H,3,7-11H2,1-2H3. The summed E-state index contributed by atoms with van der Waals surface area (Å²) in [5.74, 6) is 1.38. The van der Waals surface area contributed by atoms with Crippen molar-refractivity contribution in [1.29, 1.82) is 0 Å². The molecule has 2 saturated carbocycles. The van der Waals surface area contributed by atoms with Crippen LogP contribution < -0.4 is 0 Å². The third kappa shape index (κ3) is 2.08. The van der Waals surface area contributed by atoms with Gasteiger partial charge in [0.15, 0.2) is 5.60 Å². The molecule has 4 rings (SSSR count). The molecule has 1 spiro atoms. The maximum absolute atomic E-state index is 9.88. The highest BCUT2D eigenvalue weighted by atomic mass is 17.3. The summed E-state index contributed by atoms with van der Waals surface area (Å²) in [7, 11) is 1.68. The molecule has 2 aliphatic carbocycles. The van der Waals surface area contributed by atoms with Crippen molar-refractivity contribution < 1.29 is 19.6 Å². The molecule has 126 valence electrons. The van der Waals surface area contributed by atoms with Crippen LogP contribution in [0, 0.1) is 17.8 Å². The fourth-order valence-electron chi connectivity index (χ4n) is 5.23. The lowest BCUT2D eigenvalue weighted by Gasteiger charge is -2.62. The molecule has 3 fully saturated rings. The molecule has 1 aliphatic heterocycles. The van der Waals surface area contributed by atoms with Crippen LogP contribution in [-0.4, -0.2) is 17.8 Å². The smallest absolute Gasteiger partial charge is 0.260 e. The maximum Gasteiger partial charge on any atom is 0.260 e. The Bertz CT molecular complexity index is 584. The molecular formula is C19H26O4. The number of ether oxygens (including phenoxy) is 1. The van der Waals surface area contributed by atoms with Crippen molar-refractivity contribution in [3.63, 3.8) is 0 Å². The lowest BCUT2D eigenvalue weighted by Crippen LogP contribution is -2.71. The second-order valence-corrected chi connectivity index (χ2v) is 7.51. The van der Waals surface area contributed by atoms with E-state index < -0.39 is 11.4 Å². The van der Waals surface area contributed by atoms with Crippen molar-refractivity contribution in [2.24, 2.45) is 17.8 Å². The largest absolute Gasteiger partial charge is 0.508 e.